The zero-order valence-electron chi connectivity index (χ0n) is 11.0. The van der Waals surface area contributed by atoms with Gasteiger partial charge in [0.1, 0.15) is 3.70 Å². The zero-order chi connectivity index (χ0) is 13.6. The average Bonchev–Trinajstić information content (AvgIpc) is 2.97. The van der Waals surface area contributed by atoms with Crippen LogP contribution in [0, 0.1) is 10.6 Å². The molecular weight excluding hydrogens is 353 g/mol. The van der Waals surface area contributed by atoms with Crippen molar-refractivity contribution >= 4 is 28.2 Å². The Morgan fingerprint density at radius 1 is 1.26 bits per heavy atom. The van der Waals surface area contributed by atoms with Gasteiger partial charge in [-0.15, -0.1) is 0 Å². The molecule has 0 aliphatic heterocycles. The second-order valence-electron chi connectivity index (χ2n) is 4.80. The van der Waals surface area contributed by atoms with E-state index in [4.69, 9.17) is 0 Å². The molecule has 3 rings (SSSR count). The first kappa shape index (κ1) is 12.6. The van der Waals surface area contributed by atoms with Crippen molar-refractivity contribution in [3.05, 3.63) is 34.1 Å². The molecule has 0 unspecified atom stereocenters. The highest BCUT2D eigenvalue weighted by Gasteiger charge is 2.11. The summed E-state index contributed by atoms with van der Waals surface area (Å²) in [6.07, 6.45) is 5.76. The topological polar surface area (TPSA) is 48.0 Å². The van der Waals surface area contributed by atoms with Gasteiger partial charge in [-0.2, -0.15) is 10.2 Å². The van der Waals surface area contributed by atoms with Crippen molar-refractivity contribution in [2.24, 2.45) is 0 Å². The maximum atomic E-state index is 4.58. The molecule has 0 bridgehead atoms. The summed E-state index contributed by atoms with van der Waals surface area (Å²) in [6.45, 7) is 6.24. The molecule has 3 aromatic rings. The molecule has 0 aromatic carbocycles. The van der Waals surface area contributed by atoms with Crippen LogP contribution in [0.15, 0.2) is 24.7 Å². The minimum atomic E-state index is 0.359. The number of fused-ring (bicyclic) bond motifs is 1. The molecule has 19 heavy (non-hydrogen) atoms. The van der Waals surface area contributed by atoms with Crippen molar-refractivity contribution in [2.45, 2.75) is 26.8 Å². The molecule has 6 heteroatoms. The summed E-state index contributed by atoms with van der Waals surface area (Å²) in [5, 5.41) is 8.95. The summed E-state index contributed by atoms with van der Waals surface area (Å²) in [6, 6.07) is 2.42. The van der Waals surface area contributed by atoms with E-state index in [-0.39, 0.29) is 0 Å². The summed E-state index contributed by atoms with van der Waals surface area (Å²) >= 11 is 2.23. The molecule has 0 atom stereocenters. The van der Waals surface area contributed by atoms with Crippen LogP contribution in [-0.4, -0.2) is 24.4 Å². The molecule has 98 valence electrons. The Kier molecular flexibility index (Phi) is 3.04. The Hall–Kier alpha value is -1.44. The number of nitrogens with zero attached hydrogens (tertiary/aromatic N) is 5. The molecule has 3 heterocycles. The average molecular weight is 367 g/mol. The predicted molar refractivity (Wildman–Crippen MR) is 82.0 cm³/mol. The maximum Gasteiger partial charge on any atom is 0.155 e. The van der Waals surface area contributed by atoms with E-state index in [2.05, 4.69) is 63.9 Å². The van der Waals surface area contributed by atoms with Crippen LogP contribution in [0.4, 0.5) is 0 Å². The smallest absolute Gasteiger partial charge is 0.155 e. The van der Waals surface area contributed by atoms with Gasteiger partial charge in [0, 0.05) is 23.4 Å². The monoisotopic (exact) mass is 367 g/mol. The molecule has 0 N–H and O–H groups in total. The molecule has 0 radical (unpaired) electrons. The van der Waals surface area contributed by atoms with Crippen LogP contribution in [0.5, 0.6) is 0 Å². The summed E-state index contributed by atoms with van der Waals surface area (Å²) in [5.74, 6) is 0. The summed E-state index contributed by atoms with van der Waals surface area (Å²) in [7, 11) is 0. The van der Waals surface area contributed by atoms with Crippen LogP contribution < -0.4 is 0 Å². The van der Waals surface area contributed by atoms with E-state index in [0.29, 0.717) is 6.04 Å². The van der Waals surface area contributed by atoms with Gasteiger partial charge in [-0.25, -0.2) is 9.50 Å². The molecule has 0 aliphatic rings. The van der Waals surface area contributed by atoms with Gasteiger partial charge in [0.25, 0.3) is 0 Å². The Balaban J connectivity index is 2.15. The Labute approximate surface area is 124 Å². The Morgan fingerprint density at radius 2 is 2.05 bits per heavy atom. The first-order valence-corrected chi connectivity index (χ1v) is 7.19. The van der Waals surface area contributed by atoms with Crippen LogP contribution in [0.2, 0.25) is 0 Å². The van der Waals surface area contributed by atoms with Gasteiger partial charge in [0.15, 0.2) is 5.65 Å². The van der Waals surface area contributed by atoms with Gasteiger partial charge in [-0.1, -0.05) is 0 Å². The van der Waals surface area contributed by atoms with Crippen molar-refractivity contribution in [1.29, 1.82) is 0 Å². The number of rotatable bonds is 2. The Morgan fingerprint density at radius 3 is 2.74 bits per heavy atom. The van der Waals surface area contributed by atoms with Crippen molar-refractivity contribution in [2.75, 3.05) is 0 Å². The number of aromatic nitrogens is 5. The normalized spacial score (nSPS) is 11.6. The fraction of sp³-hybridized carbons (Fsp3) is 0.308. The number of hydrogen-bond donors (Lipinski definition) is 0. The lowest BCUT2D eigenvalue weighted by Crippen LogP contribution is -2.00. The molecule has 3 aromatic heterocycles. The van der Waals surface area contributed by atoms with Gasteiger partial charge in [0.05, 0.1) is 18.1 Å². The lowest BCUT2D eigenvalue weighted by Gasteiger charge is -2.05. The second kappa shape index (κ2) is 4.59. The van der Waals surface area contributed by atoms with E-state index in [1.165, 1.54) is 0 Å². The van der Waals surface area contributed by atoms with E-state index in [1.807, 2.05) is 28.5 Å². The molecule has 0 spiro atoms. The number of halogens is 1. The van der Waals surface area contributed by atoms with Crippen molar-refractivity contribution in [1.82, 2.24) is 24.4 Å². The first-order chi connectivity index (χ1) is 9.06. The highest BCUT2D eigenvalue weighted by atomic mass is 127. The van der Waals surface area contributed by atoms with Crippen LogP contribution >= 0.6 is 22.6 Å². The first-order valence-electron chi connectivity index (χ1n) is 6.11. The molecule has 0 saturated heterocycles. The van der Waals surface area contributed by atoms with Crippen LogP contribution in [-0.2, 0) is 0 Å². The predicted octanol–water partition coefficient (Wildman–Crippen LogP) is 3.09. The number of imidazole rings is 1. The van der Waals surface area contributed by atoms with E-state index < -0.39 is 0 Å². The quantitative estimate of drug-likeness (QED) is 0.654. The highest BCUT2D eigenvalue weighted by Crippen LogP contribution is 2.24. The summed E-state index contributed by atoms with van der Waals surface area (Å²) in [5.41, 5.74) is 4.01. The van der Waals surface area contributed by atoms with Gasteiger partial charge in [-0.3, -0.25) is 4.68 Å². The largest absolute Gasteiger partial charge is 0.270 e. The van der Waals surface area contributed by atoms with Crippen LogP contribution in [0.1, 0.15) is 25.6 Å². The SMILES string of the molecule is Cc1nn2c(I)cnc2cc1-c1cnn(C(C)C)c1. The fourth-order valence-corrected chi connectivity index (χ4v) is 2.52. The second-order valence-corrected chi connectivity index (χ2v) is 5.90. The lowest BCUT2D eigenvalue weighted by molar-refractivity contribution is 0.532. The van der Waals surface area contributed by atoms with E-state index in [0.717, 1.165) is 26.2 Å². The standard InChI is InChI=1S/C13H14IN5/c1-8(2)18-7-10(5-16-18)11-4-13-15-6-12(14)19(13)17-9(11)3/h4-8H,1-3H3. The number of hydrogen-bond acceptors (Lipinski definition) is 3. The van der Waals surface area contributed by atoms with Gasteiger partial charge in [0.2, 0.25) is 0 Å². The van der Waals surface area contributed by atoms with E-state index in [1.54, 1.807) is 0 Å². The fourth-order valence-electron chi connectivity index (χ4n) is 2.02. The molecule has 0 aliphatic carbocycles. The number of aryl methyl sites for hydroxylation is 1. The van der Waals surface area contributed by atoms with E-state index >= 15 is 0 Å². The molecule has 0 amide bonds. The summed E-state index contributed by atoms with van der Waals surface area (Å²) < 4.78 is 4.82. The van der Waals surface area contributed by atoms with Crippen LogP contribution in [0.25, 0.3) is 16.8 Å². The molecule has 0 saturated carbocycles. The van der Waals surface area contributed by atoms with Crippen molar-refractivity contribution in [3.8, 4) is 11.1 Å². The van der Waals surface area contributed by atoms with E-state index in [9.17, 15) is 0 Å². The van der Waals surface area contributed by atoms with Crippen molar-refractivity contribution < 1.29 is 0 Å². The maximum absolute atomic E-state index is 4.58. The molecular formula is C13H14IN5. The van der Waals surface area contributed by atoms with Crippen LogP contribution in [0.3, 0.4) is 0 Å². The van der Waals surface area contributed by atoms with Gasteiger partial charge in [-0.05, 0) is 49.4 Å². The lowest BCUT2D eigenvalue weighted by atomic mass is 10.1. The van der Waals surface area contributed by atoms with Gasteiger partial charge < -0.3 is 0 Å². The zero-order valence-corrected chi connectivity index (χ0v) is 13.2. The third kappa shape index (κ3) is 2.13. The third-order valence-electron chi connectivity index (χ3n) is 3.08. The minimum absolute atomic E-state index is 0.359. The minimum Gasteiger partial charge on any atom is -0.270 e. The third-order valence-corrected chi connectivity index (χ3v) is 3.81. The van der Waals surface area contributed by atoms with Crippen molar-refractivity contribution in [3.63, 3.8) is 0 Å². The highest BCUT2D eigenvalue weighted by molar-refractivity contribution is 14.1. The van der Waals surface area contributed by atoms with Gasteiger partial charge >= 0.3 is 0 Å². The molecule has 0 fully saturated rings. The Bertz CT molecular complexity index is 741. The molecule has 5 nitrogen and oxygen atoms in total. The summed E-state index contributed by atoms with van der Waals surface area (Å²) in [4.78, 5) is 4.35.